The standard InChI is InChI=1S/C11H11N3O2/c12-11-4-9(13-14-11)7-1-2-10-8(3-7)5-15-6-16-10/h1-4H,5-6H2,(H3,12,13,14). The van der Waals surface area contributed by atoms with Crippen LogP contribution >= 0.6 is 0 Å². The average Bonchev–Trinajstić information content (AvgIpc) is 2.75. The molecule has 16 heavy (non-hydrogen) atoms. The van der Waals surface area contributed by atoms with Crippen LogP contribution in [0.25, 0.3) is 11.3 Å². The van der Waals surface area contributed by atoms with E-state index in [0.29, 0.717) is 19.2 Å². The summed E-state index contributed by atoms with van der Waals surface area (Å²) in [6, 6.07) is 7.72. The van der Waals surface area contributed by atoms with E-state index in [9.17, 15) is 0 Å². The van der Waals surface area contributed by atoms with Gasteiger partial charge < -0.3 is 15.2 Å². The van der Waals surface area contributed by atoms with Crippen molar-refractivity contribution < 1.29 is 9.47 Å². The lowest BCUT2D eigenvalue weighted by atomic mass is 10.1. The number of benzene rings is 1. The number of nitrogens with zero attached hydrogens (tertiary/aromatic N) is 1. The minimum absolute atomic E-state index is 0.323. The summed E-state index contributed by atoms with van der Waals surface area (Å²) in [6.45, 7) is 0.899. The molecule has 0 atom stereocenters. The molecule has 0 saturated heterocycles. The molecular formula is C11H11N3O2. The molecule has 0 bridgehead atoms. The highest BCUT2D eigenvalue weighted by Gasteiger charge is 2.12. The third-order valence-corrected chi connectivity index (χ3v) is 2.52. The Morgan fingerprint density at radius 1 is 1.31 bits per heavy atom. The summed E-state index contributed by atoms with van der Waals surface area (Å²) in [4.78, 5) is 0. The molecule has 1 aliphatic heterocycles. The van der Waals surface area contributed by atoms with Gasteiger partial charge in [0.1, 0.15) is 11.6 Å². The van der Waals surface area contributed by atoms with Gasteiger partial charge in [0.2, 0.25) is 0 Å². The van der Waals surface area contributed by atoms with Gasteiger partial charge in [-0.1, -0.05) is 0 Å². The summed E-state index contributed by atoms with van der Waals surface area (Å²) >= 11 is 0. The first-order valence-electron chi connectivity index (χ1n) is 4.97. The Morgan fingerprint density at radius 2 is 2.25 bits per heavy atom. The SMILES string of the molecule is Nc1cc(-c2ccc3c(c2)COCO3)[nH]n1. The highest BCUT2D eigenvalue weighted by atomic mass is 16.7. The topological polar surface area (TPSA) is 73.2 Å². The van der Waals surface area contributed by atoms with E-state index in [4.69, 9.17) is 15.2 Å². The molecule has 0 spiro atoms. The normalized spacial score (nSPS) is 14.2. The Bertz CT molecular complexity index is 522. The van der Waals surface area contributed by atoms with Gasteiger partial charge in [-0.15, -0.1) is 0 Å². The van der Waals surface area contributed by atoms with Crippen molar-refractivity contribution in [2.45, 2.75) is 6.61 Å². The van der Waals surface area contributed by atoms with Crippen molar-refractivity contribution in [2.24, 2.45) is 0 Å². The Labute approximate surface area is 92.2 Å². The number of aromatic nitrogens is 2. The maximum absolute atomic E-state index is 5.56. The van der Waals surface area contributed by atoms with Gasteiger partial charge in [-0.25, -0.2) is 0 Å². The van der Waals surface area contributed by atoms with Crippen molar-refractivity contribution in [2.75, 3.05) is 12.5 Å². The monoisotopic (exact) mass is 217 g/mol. The van der Waals surface area contributed by atoms with E-state index in [0.717, 1.165) is 22.6 Å². The highest BCUT2D eigenvalue weighted by molar-refractivity contribution is 5.64. The Morgan fingerprint density at radius 3 is 3.06 bits per heavy atom. The summed E-state index contributed by atoms with van der Waals surface area (Å²) in [7, 11) is 0. The van der Waals surface area contributed by atoms with Crippen LogP contribution in [0, 0.1) is 0 Å². The van der Waals surface area contributed by atoms with Gasteiger partial charge in [0.25, 0.3) is 0 Å². The Kier molecular flexibility index (Phi) is 2.04. The van der Waals surface area contributed by atoms with Crippen LogP contribution in [0.5, 0.6) is 5.75 Å². The molecule has 5 nitrogen and oxygen atoms in total. The molecule has 2 heterocycles. The van der Waals surface area contributed by atoms with Gasteiger partial charge in [0.05, 0.1) is 12.3 Å². The smallest absolute Gasteiger partial charge is 0.189 e. The molecule has 2 aromatic rings. The fourth-order valence-electron chi connectivity index (χ4n) is 1.74. The second-order valence-corrected chi connectivity index (χ2v) is 3.64. The zero-order valence-corrected chi connectivity index (χ0v) is 8.56. The van der Waals surface area contributed by atoms with E-state index >= 15 is 0 Å². The molecule has 5 heteroatoms. The molecule has 0 radical (unpaired) electrons. The summed E-state index contributed by atoms with van der Waals surface area (Å²) in [5.74, 6) is 1.36. The van der Waals surface area contributed by atoms with Crippen molar-refractivity contribution in [3.63, 3.8) is 0 Å². The van der Waals surface area contributed by atoms with Crippen LogP contribution in [0.2, 0.25) is 0 Å². The van der Waals surface area contributed by atoms with Gasteiger partial charge in [0.15, 0.2) is 6.79 Å². The largest absolute Gasteiger partial charge is 0.467 e. The third kappa shape index (κ3) is 1.51. The number of nitrogen functional groups attached to an aromatic ring is 1. The second kappa shape index (κ2) is 3.53. The number of anilines is 1. The summed E-state index contributed by atoms with van der Waals surface area (Å²) in [6.07, 6.45) is 0. The van der Waals surface area contributed by atoms with E-state index in [2.05, 4.69) is 10.2 Å². The van der Waals surface area contributed by atoms with Crippen LogP contribution in [0.1, 0.15) is 5.56 Å². The minimum Gasteiger partial charge on any atom is -0.467 e. The van der Waals surface area contributed by atoms with Crippen molar-refractivity contribution >= 4 is 5.82 Å². The molecule has 3 rings (SSSR count). The zero-order chi connectivity index (χ0) is 11.0. The molecule has 1 aromatic carbocycles. The van der Waals surface area contributed by atoms with Crippen molar-refractivity contribution in [3.8, 4) is 17.0 Å². The van der Waals surface area contributed by atoms with Crippen molar-refractivity contribution in [1.82, 2.24) is 10.2 Å². The average molecular weight is 217 g/mol. The molecule has 3 N–H and O–H groups in total. The first kappa shape index (κ1) is 9.23. The number of nitrogens with two attached hydrogens (primary N) is 1. The Hall–Kier alpha value is -2.01. The van der Waals surface area contributed by atoms with Crippen molar-refractivity contribution in [3.05, 3.63) is 29.8 Å². The molecular weight excluding hydrogens is 206 g/mol. The minimum atomic E-state index is 0.323. The van der Waals surface area contributed by atoms with E-state index < -0.39 is 0 Å². The van der Waals surface area contributed by atoms with E-state index in [-0.39, 0.29) is 0 Å². The maximum Gasteiger partial charge on any atom is 0.189 e. The van der Waals surface area contributed by atoms with Crippen LogP contribution in [0.15, 0.2) is 24.3 Å². The lowest BCUT2D eigenvalue weighted by molar-refractivity contribution is -0.0163. The van der Waals surface area contributed by atoms with E-state index in [1.54, 1.807) is 6.07 Å². The molecule has 1 aromatic heterocycles. The number of fused-ring (bicyclic) bond motifs is 1. The summed E-state index contributed by atoms with van der Waals surface area (Å²) in [5.41, 5.74) is 8.52. The molecule has 1 aliphatic rings. The Balaban J connectivity index is 2.02. The predicted molar refractivity (Wildman–Crippen MR) is 58.7 cm³/mol. The van der Waals surface area contributed by atoms with Crippen LogP contribution in [-0.2, 0) is 11.3 Å². The highest BCUT2D eigenvalue weighted by Crippen LogP contribution is 2.28. The number of aromatic amines is 1. The summed E-state index contributed by atoms with van der Waals surface area (Å²) in [5, 5.41) is 6.77. The van der Waals surface area contributed by atoms with Crippen LogP contribution in [0.3, 0.4) is 0 Å². The van der Waals surface area contributed by atoms with Gasteiger partial charge in [0, 0.05) is 17.2 Å². The van der Waals surface area contributed by atoms with Crippen molar-refractivity contribution in [1.29, 1.82) is 0 Å². The molecule has 0 amide bonds. The number of rotatable bonds is 1. The lowest BCUT2D eigenvalue weighted by Gasteiger charge is -2.17. The lowest BCUT2D eigenvalue weighted by Crippen LogP contribution is -2.10. The van der Waals surface area contributed by atoms with Crippen LogP contribution in [-0.4, -0.2) is 17.0 Å². The van der Waals surface area contributed by atoms with Crippen LogP contribution in [0.4, 0.5) is 5.82 Å². The molecule has 0 fully saturated rings. The third-order valence-electron chi connectivity index (χ3n) is 2.52. The van der Waals surface area contributed by atoms with Gasteiger partial charge in [-0.3, -0.25) is 5.10 Å². The number of H-pyrrole nitrogens is 1. The molecule has 82 valence electrons. The predicted octanol–water partition coefficient (Wildman–Crippen LogP) is 1.53. The number of ether oxygens (including phenoxy) is 2. The van der Waals surface area contributed by atoms with Crippen LogP contribution < -0.4 is 10.5 Å². The zero-order valence-electron chi connectivity index (χ0n) is 8.56. The first-order valence-corrected chi connectivity index (χ1v) is 4.97. The fourth-order valence-corrected chi connectivity index (χ4v) is 1.74. The molecule has 0 saturated carbocycles. The molecule has 0 aliphatic carbocycles. The molecule has 0 unspecified atom stereocenters. The fraction of sp³-hybridized carbons (Fsp3) is 0.182. The van der Waals surface area contributed by atoms with Gasteiger partial charge >= 0.3 is 0 Å². The first-order chi connectivity index (χ1) is 7.83. The van der Waals surface area contributed by atoms with E-state index in [1.165, 1.54) is 0 Å². The second-order valence-electron chi connectivity index (χ2n) is 3.64. The maximum atomic E-state index is 5.56. The quantitative estimate of drug-likeness (QED) is 0.759. The number of hydrogen-bond donors (Lipinski definition) is 2. The van der Waals surface area contributed by atoms with Gasteiger partial charge in [-0.2, -0.15) is 5.10 Å². The number of hydrogen-bond acceptors (Lipinski definition) is 4. The van der Waals surface area contributed by atoms with E-state index in [1.807, 2.05) is 18.2 Å². The summed E-state index contributed by atoms with van der Waals surface area (Å²) < 4.78 is 10.6. The van der Waals surface area contributed by atoms with Gasteiger partial charge in [-0.05, 0) is 18.2 Å². The number of nitrogens with one attached hydrogen (secondary N) is 1.